The molecule has 0 saturated carbocycles. The monoisotopic (exact) mass is 243 g/mol. The second kappa shape index (κ2) is 4.46. The topological polar surface area (TPSA) is 12.0 Å². The Hall–Kier alpha value is -1.41. The van der Waals surface area contributed by atoms with Gasteiger partial charge in [0.15, 0.2) is 0 Å². The summed E-state index contributed by atoms with van der Waals surface area (Å²) >= 11 is 5.43. The van der Waals surface area contributed by atoms with Crippen LogP contribution >= 0.6 is 12.2 Å². The van der Waals surface area contributed by atoms with Crippen LogP contribution < -0.4 is 5.32 Å². The third-order valence-corrected chi connectivity index (χ3v) is 3.43. The van der Waals surface area contributed by atoms with Crippen LogP contribution in [-0.2, 0) is 0 Å². The Balaban J connectivity index is 2.40. The molecule has 0 amide bonds. The quantitative estimate of drug-likeness (QED) is 0.733. The molecule has 0 radical (unpaired) electrons. The van der Waals surface area contributed by atoms with E-state index in [-0.39, 0.29) is 5.41 Å². The molecule has 2 aromatic rings. The normalized spacial score (nSPS) is 11.5. The van der Waals surface area contributed by atoms with Gasteiger partial charge in [-0.25, -0.2) is 0 Å². The van der Waals surface area contributed by atoms with Crippen LogP contribution in [0.25, 0.3) is 10.8 Å². The maximum Gasteiger partial charge on any atom is 0.0851 e. The summed E-state index contributed by atoms with van der Waals surface area (Å²) in [5, 5.41) is 5.80. The van der Waals surface area contributed by atoms with E-state index in [1.165, 1.54) is 10.8 Å². The standard InChI is InChI=1S/C15H17NS/c1-15(2,3)14(17)16-13-10-6-8-11-7-4-5-9-12(11)13/h4-10H,1-3H3,(H,16,17). The zero-order valence-electron chi connectivity index (χ0n) is 10.4. The molecular formula is C15H17NS. The lowest BCUT2D eigenvalue weighted by atomic mass is 9.96. The van der Waals surface area contributed by atoms with E-state index in [2.05, 4.69) is 56.4 Å². The summed E-state index contributed by atoms with van der Waals surface area (Å²) in [5.74, 6) is 0. The molecule has 0 atom stereocenters. The highest BCUT2D eigenvalue weighted by Crippen LogP contribution is 2.25. The first-order valence-corrected chi connectivity index (χ1v) is 6.18. The average molecular weight is 243 g/mol. The third-order valence-electron chi connectivity index (χ3n) is 2.72. The van der Waals surface area contributed by atoms with E-state index in [1.54, 1.807) is 0 Å². The van der Waals surface area contributed by atoms with Crippen molar-refractivity contribution < 1.29 is 0 Å². The van der Waals surface area contributed by atoms with Crippen molar-refractivity contribution in [3.63, 3.8) is 0 Å². The lowest BCUT2D eigenvalue weighted by Gasteiger charge is -2.22. The lowest BCUT2D eigenvalue weighted by molar-refractivity contribution is 0.600. The van der Waals surface area contributed by atoms with Gasteiger partial charge in [0.1, 0.15) is 0 Å². The van der Waals surface area contributed by atoms with Crippen LogP contribution in [0.1, 0.15) is 20.8 Å². The van der Waals surface area contributed by atoms with Crippen molar-refractivity contribution >= 4 is 33.7 Å². The molecule has 0 unspecified atom stereocenters. The van der Waals surface area contributed by atoms with E-state index >= 15 is 0 Å². The fourth-order valence-corrected chi connectivity index (χ4v) is 1.75. The smallest absolute Gasteiger partial charge is 0.0851 e. The van der Waals surface area contributed by atoms with E-state index in [0.29, 0.717) is 0 Å². The van der Waals surface area contributed by atoms with Crippen LogP contribution in [0.5, 0.6) is 0 Å². The minimum Gasteiger partial charge on any atom is -0.349 e. The lowest BCUT2D eigenvalue weighted by Crippen LogP contribution is -2.25. The maximum atomic E-state index is 5.43. The summed E-state index contributed by atoms with van der Waals surface area (Å²) in [7, 11) is 0. The Kier molecular flexibility index (Phi) is 3.16. The Morgan fingerprint density at radius 2 is 1.65 bits per heavy atom. The number of hydrogen-bond acceptors (Lipinski definition) is 1. The second-order valence-electron chi connectivity index (χ2n) is 5.23. The zero-order chi connectivity index (χ0) is 12.5. The molecule has 0 heterocycles. The minimum absolute atomic E-state index is 0.00766. The van der Waals surface area contributed by atoms with Crippen LogP contribution in [0.4, 0.5) is 5.69 Å². The molecule has 1 nitrogen and oxygen atoms in total. The van der Waals surface area contributed by atoms with E-state index < -0.39 is 0 Å². The molecule has 0 aliphatic heterocycles. The Morgan fingerprint density at radius 1 is 1.00 bits per heavy atom. The third kappa shape index (κ3) is 2.64. The Bertz CT molecular complexity index is 547. The van der Waals surface area contributed by atoms with Crippen LogP contribution in [0.15, 0.2) is 42.5 Å². The fourth-order valence-electron chi connectivity index (χ4n) is 1.64. The number of thiocarbonyl (C=S) groups is 1. The summed E-state index contributed by atoms with van der Waals surface area (Å²) in [6.45, 7) is 6.36. The molecule has 88 valence electrons. The van der Waals surface area contributed by atoms with Gasteiger partial charge in [-0.1, -0.05) is 69.4 Å². The van der Waals surface area contributed by atoms with Crippen LogP contribution in [0.2, 0.25) is 0 Å². The van der Waals surface area contributed by atoms with Gasteiger partial charge in [0.05, 0.1) is 4.99 Å². The molecule has 0 bridgehead atoms. The molecule has 0 aliphatic rings. The van der Waals surface area contributed by atoms with Gasteiger partial charge in [0.2, 0.25) is 0 Å². The Morgan fingerprint density at radius 3 is 2.35 bits per heavy atom. The van der Waals surface area contributed by atoms with Crippen LogP contribution in [0.3, 0.4) is 0 Å². The van der Waals surface area contributed by atoms with Crippen molar-refractivity contribution in [2.75, 3.05) is 5.32 Å². The molecule has 2 aromatic carbocycles. The van der Waals surface area contributed by atoms with Crippen LogP contribution in [0, 0.1) is 5.41 Å². The Labute approximate surface area is 108 Å². The zero-order valence-corrected chi connectivity index (χ0v) is 11.3. The van der Waals surface area contributed by atoms with Crippen molar-refractivity contribution in [3.05, 3.63) is 42.5 Å². The van der Waals surface area contributed by atoms with Crippen molar-refractivity contribution in [3.8, 4) is 0 Å². The number of fused-ring (bicyclic) bond motifs is 1. The highest BCUT2D eigenvalue weighted by Gasteiger charge is 2.17. The van der Waals surface area contributed by atoms with Gasteiger partial charge in [0, 0.05) is 16.5 Å². The minimum atomic E-state index is -0.00766. The maximum absolute atomic E-state index is 5.43. The molecular weight excluding hydrogens is 226 g/mol. The molecule has 1 N–H and O–H groups in total. The van der Waals surface area contributed by atoms with Gasteiger partial charge in [-0.05, 0) is 11.5 Å². The van der Waals surface area contributed by atoms with Crippen molar-refractivity contribution in [2.24, 2.45) is 5.41 Å². The van der Waals surface area contributed by atoms with E-state index in [9.17, 15) is 0 Å². The van der Waals surface area contributed by atoms with Gasteiger partial charge in [-0.2, -0.15) is 0 Å². The summed E-state index contributed by atoms with van der Waals surface area (Å²) < 4.78 is 0. The van der Waals surface area contributed by atoms with Crippen molar-refractivity contribution in [1.29, 1.82) is 0 Å². The molecule has 2 heteroatoms. The highest BCUT2D eigenvalue weighted by molar-refractivity contribution is 7.80. The molecule has 0 spiro atoms. The number of anilines is 1. The first-order chi connectivity index (χ1) is 7.98. The summed E-state index contributed by atoms with van der Waals surface area (Å²) in [6.07, 6.45) is 0. The molecule has 0 aromatic heterocycles. The largest absolute Gasteiger partial charge is 0.349 e. The number of rotatable bonds is 1. The summed E-state index contributed by atoms with van der Waals surface area (Å²) in [6, 6.07) is 14.6. The predicted molar refractivity (Wildman–Crippen MR) is 79.6 cm³/mol. The summed E-state index contributed by atoms with van der Waals surface area (Å²) in [4.78, 5) is 0.869. The molecule has 0 aliphatic carbocycles. The first kappa shape index (κ1) is 12.1. The SMILES string of the molecule is CC(C)(C)C(=S)Nc1cccc2ccccc12. The highest BCUT2D eigenvalue weighted by atomic mass is 32.1. The number of benzene rings is 2. The van der Waals surface area contributed by atoms with Gasteiger partial charge >= 0.3 is 0 Å². The molecule has 17 heavy (non-hydrogen) atoms. The predicted octanol–water partition coefficient (Wildman–Crippen LogP) is 4.63. The van der Waals surface area contributed by atoms with Gasteiger partial charge in [-0.15, -0.1) is 0 Å². The second-order valence-corrected chi connectivity index (χ2v) is 5.64. The first-order valence-electron chi connectivity index (χ1n) is 5.78. The summed E-state index contributed by atoms with van der Waals surface area (Å²) in [5.41, 5.74) is 1.08. The van der Waals surface area contributed by atoms with Crippen molar-refractivity contribution in [1.82, 2.24) is 0 Å². The van der Waals surface area contributed by atoms with Gasteiger partial charge in [-0.3, -0.25) is 0 Å². The number of nitrogens with one attached hydrogen (secondary N) is 1. The fraction of sp³-hybridized carbons (Fsp3) is 0.267. The van der Waals surface area contributed by atoms with E-state index in [4.69, 9.17) is 12.2 Å². The van der Waals surface area contributed by atoms with Crippen molar-refractivity contribution in [2.45, 2.75) is 20.8 Å². The molecule has 0 saturated heterocycles. The number of hydrogen-bond donors (Lipinski definition) is 1. The van der Waals surface area contributed by atoms with Gasteiger partial charge < -0.3 is 5.32 Å². The van der Waals surface area contributed by atoms with Gasteiger partial charge in [0.25, 0.3) is 0 Å². The molecule has 2 rings (SSSR count). The van der Waals surface area contributed by atoms with E-state index in [0.717, 1.165) is 10.7 Å². The average Bonchev–Trinajstić information content (AvgIpc) is 2.28. The van der Waals surface area contributed by atoms with Crippen LogP contribution in [-0.4, -0.2) is 4.99 Å². The van der Waals surface area contributed by atoms with E-state index in [1.807, 2.05) is 12.1 Å². The molecule has 0 fully saturated rings.